The Labute approximate surface area is 224 Å². The van der Waals surface area contributed by atoms with Crippen LogP contribution >= 0.6 is 11.6 Å². The van der Waals surface area contributed by atoms with Crippen LogP contribution in [0, 0.1) is 0 Å². The lowest BCUT2D eigenvalue weighted by atomic mass is 9.95. The molecule has 1 aliphatic heterocycles. The topological polar surface area (TPSA) is 101 Å². The molecule has 3 aromatic rings. The summed E-state index contributed by atoms with van der Waals surface area (Å²) in [7, 11) is -0.0722. The molecule has 0 radical (unpaired) electrons. The predicted molar refractivity (Wildman–Crippen MR) is 150 cm³/mol. The minimum Gasteiger partial charge on any atom is -0.493 e. The number of halogens is 1. The van der Waals surface area contributed by atoms with Crippen LogP contribution in [0.25, 0.3) is 11.3 Å². The molecule has 0 spiro atoms. The predicted octanol–water partition coefficient (Wildman–Crippen LogP) is 5.55. The van der Waals surface area contributed by atoms with Gasteiger partial charge >= 0.3 is 0 Å². The van der Waals surface area contributed by atoms with Gasteiger partial charge in [-0.3, -0.25) is 15.0 Å². The van der Waals surface area contributed by atoms with Crippen molar-refractivity contribution in [2.45, 2.75) is 62.7 Å². The van der Waals surface area contributed by atoms with Crippen molar-refractivity contribution < 1.29 is 8.95 Å². The Morgan fingerprint density at radius 2 is 1.95 bits per heavy atom. The van der Waals surface area contributed by atoms with Crippen molar-refractivity contribution in [1.82, 2.24) is 15.5 Å². The Hall–Kier alpha value is -3.01. The highest BCUT2D eigenvalue weighted by molar-refractivity contribution is 7.86. The molecule has 0 saturated heterocycles. The van der Waals surface area contributed by atoms with Crippen molar-refractivity contribution in [3.8, 4) is 17.0 Å². The van der Waals surface area contributed by atoms with Crippen LogP contribution in [0.2, 0.25) is 5.02 Å². The first kappa shape index (κ1) is 25.6. The van der Waals surface area contributed by atoms with Crippen LogP contribution in [-0.2, 0) is 17.4 Å². The number of aliphatic imine (C=N–C) groups is 1. The molecular formula is C27H31ClN6O2S. The number of rotatable bonds is 8. The zero-order chi connectivity index (χ0) is 25.8. The fraction of sp³-hybridized carbons (Fsp3) is 0.370. The largest absolute Gasteiger partial charge is 0.493 e. The van der Waals surface area contributed by atoms with E-state index in [4.69, 9.17) is 21.3 Å². The van der Waals surface area contributed by atoms with Crippen LogP contribution in [0.3, 0.4) is 0 Å². The van der Waals surface area contributed by atoms with E-state index in [9.17, 15) is 4.21 Å². The van der Waals surface area contributed by atoms with Crippen LogP contribution in [0.5, 0.6) is 5.75 Å². The number of methoxy groups -OCH3 is 1. The molecule has 3 N–H and O–H groups in total. The molecule has 2 unspecified atom stereocenters. The molecule has 194 valence electrons. The van der Waals surface area contributed by atoms with Crippen LogP contribution in [0.4, 0.5) is 11.5 Å². The van der Waals surface area contributed by atoms with Gasteiger partial charge in [-0.05, 0) is 49.1 Å². The van der Waals surface area contributed by atoms with Crippen molar-refractivity contribution in [3.05, 3.63) is 58.6 Å². The van der Waals surface area contributed by atoms with Gasteiger partial charge in [0, 0.05) is 35.1 Å². The summed E-state index contributed by atoms with van der Waals surface area (Å²) in [6, 6.07) is 13.4. The number of benzene rings is 2. The van der Waals surface area contributed by atoms with Crippen molar-refractivity contribution in [1.29, 1.82) is 0 Å². The monoisotopic (exact) mass is 538 g/mol. The molecule has 10 heteroatoms. The summed E-state index contributed by atoms with van der Waals surface area (Å²) in [6.07, 6.45) is 8.97. The lowest BCUT2D eigenvalue weighted by Crippen LogP contribution is -2.44. The number of nitrogens with one attached hydrogen (secondary N) is 3. The average molecular weight is 539 g/mol. The Kier molecular flexibility index (Phi) is 8.02. The number of hydrogen-bond donors (Lipinski definition) is 3. The van der Waals surface area contributed by atoms with Gasteiger partial charge in [0.05, 0.1) is 22.7 Å². The number of hydrogen-bond acceptors (Lipinski definition) is 7. The second kappa shape index (κ2) is 11.6. The first-order valence-corrected chi connectivity index (χ1v) is 14.2. The number of anilines is 2. The summed E-state index contributed by atoms with van der Waals surface area (Å²) < 4.78 is 21.2. The highest BCUT2D eigenvalue weighted by Crippen LogP contribution is 2.33. The Morgan fingerprint density at radius 1 is 1.14 bits per heavy atom. The van der Waals surface area contributed by atoms with E-state index in [1.165, 1.54) is 37.7 Å². The second-order valence-electron chi connectivity index (χ2n) is 9.23. The molecule has 2 atom stereocenters. The lowest BCUT2D eigenvalue weighted by molar-refractivity contribution is 0.351. The highest BCUT2D eigenvalue weighted by atomic mass is 35.5. The minimum absolute atomic E-state index is 0.115. The summed E-state index contributed by atoms with van der Waals surface area (Å²) in [5.74, 6) is 0.711. The molecule has 2 aromatic carbocycles. The number of aryl methyl sites for hydroxylation is 1. The van der Waals surface area contributed by atoms with E-state index in [0.717, 1.165) is 23.2 Å². The standard InChI is InChI=1S/C27H31ClN6O2S/c1-3-17-13-18(14-19-16-29-27(31-25(17)19)30-20-9-5-4-6-10-20)22-15-23(36-2)26(33-32-22)34-37(35)24-12-8-7-11-21(24)28/h7-8,11-16,20,27,30-31H,3-6,9-10H2,1-2H3,(H,33,34). The average Bonchev–Trinajstić information content (AvgIpc) is 2.93. The summed E-state index contributed by atoms with van der Waals surface area (Å²) in [6.45, 7) is 2.14. The normalized spacial score (nSPS) is 18.1. The van der Waals surface area contributed by atoms with E-state index in [1.54, 1.807) is 37.4 Å². The van der Waals surface area contributed by atoms with Gasteiger partial charge in [0.25, 0.3) is 0 Å². The molecule has 1 aromatic heterocycles. The molecule has 1 saturated carbocycles. The number of ether oxygens (including phenoxy) is 1. The van der Waals surface area contributed by atoms with E-state index >= 15 is 0 Å². The van der Waals surface area contributed by atoms with Crippen molar-refractivity contribution in [2.75, 3.05) is 17.1 Å². The maximum atomic E-state index is 12.8. The SMILES string of the molecule is CCc1cc(-c2cc(OC)c(NS(=O)c3ccccc3Cl)nn2)cc2c1NC(NC1CCCCC1)N=C2. The van der Waals surface area contributed by atoms with Crippen LogP contribution < -0.4 is 20.1 Å². The molecule has 2 aliphatic rings. The van der Waals surface area contributed by atoms with E-state index < -0.39 is 11.0 Å². The van der Waals surface area contributed by atoms with Gasteiger partial charge in [-0.15, -0.1) is 10.2 Å². The molecule has 0 bridgehead atoms. The van der Waals surface area contributed by atoms with Gasteiger partial charge in [0.1, 0.15) is 0 Å². The van der Waals surface area contributed by atoms with Crippen LogP contribution in [-0.4, -0.2) is 40.1 Å². The first-order chi connectivity index (χ1) is 18.1. The first-order valence-electron chi connectivity index (χ1n) is 12.6. The Morgan fingerprint density at radius 3 is 2.70 bits per heavy atom. The number of aromatic nitrogens is 2. The van der Waals surface area contributed by atoms with Gasteiger partial charge in [0.15, 0.2) is 23.0 Å². The molecule has 37 heavy (non-hydrogen) atoms. The lowest BCUT2D eigenvalue weighted by Gasteiger charge is -2.30. The van der Waals surface area contributed by atoms with E-state index in [1.807, 2.05) is 6.21 Å². The third kappa shape index (κ3) is 5.79. The smallest absolute Gasteiger partial charge is 0.203 e. The molecular weight excluding hydrogens is 508 g/mol. The molecule has 2 heterocycles. The summed E-state index contributed by atoms with van der Waals surface area (Å²) in [5.41, 5.74) is 4.85. The fourth-order valence-corrected chi connectivity index (χ4v) is 6.04. The fourth-order valence-electron chi connectivity index (χ4n) is 4.82. The zero-order valence-electron chi connectivity index (χ0n) is 21.0. The van der Waals surface area contributed by atoms with Crippen LogP contribution in [0.15, 0.2) is 52.4 Å². The summed E-state index contributed by atoms with van der Waals surface area (Å²) in [4.78, 5) is 5.19. The number of fused-ring (bicyclic) bond motifs is 1. The summed E-state index contributed by atoms with van der Waals surface area (Å²) in [5, 5.41) is 16.3. The molecule has 8 nitrogen and oxygen atoms in total. The quantitative estimate of drug-likeness (QED) is 0.347. The van der Waals surface area contributed by atoms with Gasteiger partial charge < -0.3 is 10.1 Å². The Bertz CT molecular complexity index is 1330. The van der Waals surface area contributed by atoms with E-state index in [0.29, 0.717) is 27.4 Å². The molecule has 5 rings (SSSR count). The highest BCUT2D eigenvalue weighted by Gasteiger charge is 2.22. The molecule has 1 fully saturated rings. The van der Waals surface area contributed by atoms with Gasteiger partial charge in [-0.1, -0.05) is 49.9 Å². The van der Waals surface area contributed by atoms with Crippen molar-refractivity contribution in [3.63, 3.8) is 0 Å². The van der Waals surface area contributed by atoms with Gasteiger partial charge in [-0.25, -0.2) is 4.21 Å². The minimum atomic E-state index is -1.62. The second-order valence-corrected chi connectivity index (χ2v) is 10.8. The molecule has 1 aliphatic carbocycles. The number of nitrogens with zero attached hydrogens (tertiary/aromatic N) is 3. The maximum Gasteiger partial charge on any atom is 0.203 e. The van der Waals surface area contributed by atoms with Gasteiger partial charge in [-0.2, -0.15) is 0 Å². The third-order valence-electron chi connectivity index (χ3n) is 6.77. The van der Waals surface area contributed by atoms with Crippen LogP contribution in [0.1, 0.15) is 50.2 Å². The van der Waals surface area contributed by atoms with Crippen molar-refractivity contribution >= 4 is 40.3 Å². The van der Waals surface area contributed by atoms with E-state index in [-0.39, 0.29) is 12.1 Å². The Balaban J connectivity index is 1.38. The maximum absolute atomic E-state index is 12.8. The van der Waals surface area contributed by atoms with Gasteiger partial charge in [0.2, 0.25) is 5.82 Å². The van der Waals surface area contributed by atoms with E-state index in [2.05, 4.69) is 44.6 Å². The zero-order valence-corrected chi connectivity index (χ0v) is 22.5. The van der Waals surface area contributed by atoms with Crippen molar-refractivity contribution in [2.24, 2.45) is 4.99 Å². The third-order valence-corrected chi connectivity index (χ3v) is 8.35. The summed E-state index contributed by atoms with van der Waals surface area (Å²) >= 11 is 6.19. The molecule has 0 amide bonds.